The number of hydrogen-bond acceptors (Lipinski definition) is 4. The minimum Gasteiger partial charge on any atom is -0.388 e. The van der Waals surface area contributed by atoms with E-state index in [2.05, 4.69) is 0 Å². The third kappa shape index (κ3) is 3.41. The topological polar surface area (TPSA) is 64.7 Å². The average molecular weight is 243 g/mol. The lowest BCUT2D eigenvalue weighted by atomic mass is 9.88. The smallest absolute Gasteiger partial charge is 0.0798 e. The number of nitrogens with two attached hydrogens (primary N) is 1. The highest BCUT2D eigenvalue weighted by atomic mass is 16.5. The summed E-state index contributed by atoms with van der Waals surface area (Å²) in [5.74, 6) is 0.902. The maximum atomic E-state index is 10.3. The Kier molecular flexibility index (Phi) is 4.79. The zero-order valence-corrected chi connectivity index (χ0v) is 10.6. The molecule has 1 saturated carbocycles. The average Bonchev–Trinajstić information content (AvgIpc) is 2.95. The monoisotopic (exact) mass is 243 g/mol. The second kappa shape index (κ2) is 6.14. The van der Waals surface area contributed by atoms with Gasteiger partial charge in [-0.3, -0.25) is 0 Å². The van der Waals surface area contributed by atoms with Crippen LogP contribution in [-0.4, -0.2) is 43.7 Å². The van der Waals surface area contributed by atoms with Crippen LogP contribution in [0.1, 0.15) is 32.1 Å². The van der Waals surface area contributed by atoms with Gasteiger partial charge in [-0.05, 0) is 31.6 Å². The molecular weight excluding hydrogens is 218 g/mol. The van der Waals surface area contributed by atoms with Gasteiger partial charge in [0, 0.05) is 25.7 Å². The second-order valence-corrected chi connectivity index (χ2v) is 5.49. The van der Waals surface area contributed by atoms with E-state index in [0.717, 1.165) is 58.5 Å². The van der Waals surface area contributed by atoms with Crippen molar-refractivity contribution in [1.29, 1.82) is 0 Å². The molecule has 0 aromatic rings. The maximum Gasteiger partial charge on any atom is 0.0798 e. The predicted molar refractivity (Wildman–Crippen MR) is 65.7 cm³/mol. The summed E-state index contributed by atoms with van der Waals surface area (Å²) in [5, 5.41) is 10.3. The number of hydrogen-bond donors (Lipinski definition) is 2. The van der Waals surface area contributed by atoms with Gasteiger partial charge >= 0.3 is 0 Å². The summed E-state index contributed by atoms with van der Waals surface area (Å²) >= 11 is 0. The van der Waals surface area contributed by atoms with Crippen molar-refractivity contribution in [2.75, 3.05) is 33.0 Å². The quantitative estimate of drug-likeness (QED) is 0.681. The van der Waals surface area contributed by atoms with E-state index < -0.39 is 5.60 Å². The molecule has 0 bridgehead atoms. The molecule has 2 rings (SSSR count). The van der Waals surface area contributed by atoms with Crippen molar-refractivity contribution in [3.8, 4) is 0 Å². The molecule has 100 valence electrons. The molecule has 3 N–H and O–H groups in total. The van der Waals surface area contributed by atoms with E-state index in [1.165, 1.54) is 0 Å². The molecule has 1 heterocycles. The van der Waals surface area contributed by atoms with Gasteiger partial charge in [0.1, 0.15) is 0 Å². The van der Waals surface area contributed by atoms with Gasteiger partial charge < -0.3 is 20.3 Å². The molecule has 2 aliphatic rings. The van der Waals surface area contributed by atoms with Crippen molar-refractivity contribution in [3.63, 3.8) is 0 Å². The molecule has 1 aliphatic carbocycles. The summed E-state index contributed by atoms with van der Waals surface area (Å²) < 4.78 is 11.0. The van der Waals surface area contributed by atoms with Crippen LogP contribution in [0.4, 0.5) is 0 Å². The zero-order chi connectivity index (χ0) is 12.1. The highest BCUT2D eigenvalue weighted by molar-refractivity contribution is 4.92. The van der Waals surface area contributed by atoms with Crippen LogP contribution < -0.4 is 5.73 Å². The summed E-state index contributed by atoms with van der Waals surface area (Å²) in [5.41, 5.74) is 5.03. The van der Waals surface area contributed by atoms with Gasteiger partial charge in [-0.25, -0.2) is 0 Å². The van der Waals surface area contributed by atoms with Gasteiger partial charge in [0.05, 0.1) is 18.8 Å². The van der Waals surface area contributed by atoms with E-state index in [4.69, 9.17) is 15.2 Å². The molecule has 0 amide bonds. The van der Waals surface area contributed by atoms with Gasteiger partial charge in [-0.15, -0.1) is 0 Å². The number of rotatable bonds is 6. The Morgan fingerprint density at radius 1 is 1.41 bits per heavy atom. The molecule has 3 atom stereocenters. The van der Waals surface area contributed by atoms with Crippen molar-refractivity contribution in [2.45, 2.75) is 37.7 Å². The highest BCUT2D eigenvalue weighted by Gasteiger charge is 2.39. The van der Waals surface area contributed by atoms with Crippen LogP contribution in [-0.2, 0) is 9.47 Å². The molecular formula is C13H25NO3. The van der Waals surface area contributed by atoms with Gasteiger partial charge in [0.15, 0.2) is 0 Å². The number of ether oxygens (including phenoxy) is 2. The zero-order valence-electron chi connectivity index (χ0n) is 10.6. The SMILES string of the molecule is NCC1(O)CCCC1CCOCC1CCOC1. The van der Waals surface area contributed by atoms with Crippen LogP contribution in [0.25, 0.3) is 0 Å². The highest BCUT2D eigenvalue weighted by Crippen LogP contribution is 2.37. The fraction of sp³-hybridized carbons (Fsp3) is 1.00. The molecule has 0 spiro atoms. The van der Waals surface area contributed by atoms with Crippen LogP contribution in [0, 0.1) is 11.8 Å². The largest absolute Gasteiger partial charge is 0.388 e. The van der Waals surface area contributed by atoms with Gasteiger partial charge in [-0.1, -0.05) is 6.42 Å². The second-order valence-electron chi connectivity index (χ2n) is 5.49. The molecule has 4 nitrogen and oxygen atoms in total. The Balaban J connectivity index is 1.61. The summed E-state index contributed by atoms with van der Waals surface area (Å²) in [6.45, 7) is 3.64. The van der Waals surface area contributed by atoms with E-state index >= 15 is 0 Å². The van der Waals surface area contributed by atoms with Crippen molar-refractivity contribution >= 4 is 0 Å². The normalized spacial score (nSPS) is 37.8. The molecule has 1 saturated heterocycles. The summed E-state index contributed by atoms with van der Waals surface area (Å²) in [6.07, 6.45) is 5.08. The fourth-order valence-corrected chi connectivity index (χ4v) is 3.00. The third-order valence-corrected chi connectivity index (χ3v) is 4.26. The molecule has 0 aromatic heterocycles. The molecule has 2 fully saturated rings. The van der Waals surface area contributed by atoms with E-state index in [1.54, 1.807) is 0 Å². The molecule has 0 radical (unpaired) electrons. The summed E-state index contributed by atoms with van der Waals surface area (Å²) in [4.78, 5) is 0. The van der Waals surface area contributed by atoms with Crippen LogP contribution in [0.2, 0.25) is 0 Å². The van der Waals surface area contributed by atoms with Crippen molar-refractivity contribution in [2.24, 2.45) is 17.6 Å². The van der Waals surface area contributed by atoms with Gasteiger partial charge in [0.25, 0.3) is 0 Å². The summed E-state index contributed by atoms with van der Waals surface area (Å²) in [6, 6.07) is 0. The maximum absolute atomic E-state index is 10.3. The van der Waals surface area contributed by atoms with E-state index in [-0.39, 0.29) is 0 Å². The standard InChI is InChI=1S/C13H25NO3/c14-10-13(15)5-1-2-12(13)4-7-17-9-11-3-6-16-8-11/h11-12,15H,1-10,14H2. The predicted octanol–water partition coefficient (Wildman–Crippen LogP) is 0.919. The van der Waals surface area contributed by atoms with Crippen molar-refractivity contribution < 1.29 is 14.6 Å². The lowest BCUT2D eigenvalue weighted by Crippen LogP contribution is -2.41. The lowest BCUT2D eigenvalue weighted by Gasteiger charge is -2.28. The van der Waals surface area contributed by atoms with Gasteiger partial charge in [0.2, 0.25) is 0 Å². The summed E-state index contributed by atoms with van der Waals surface area (Å²) in [7, 11) is 0. The minimum absolute atomic E-state index is 0.326. The first kappa shape index (κ1) is 13.3. The van der Waals surface area contributed by atoms with Crippen LogP contribution >= 0.6 is 0 Å². The van der Waals surface area contributed by atoms with E-state index in [0.29, 0.717) is 18.4 Å². The third-order valence-electron chi connectivity index (χ3n) is 4.26. The Hall–Kier alpha value is -0.160. The van der Waals surface area contributed by atoms with Crippen molar-refractivity contribution in [1.82, 2.24) is 0 Å². The Morgan fingerprint density at radius 2 is 2.29 bits per heavy atom. The molecule has 1 aliphatic heterocycles. The number of aliphatic hydroxyl groups is 1. The van der Waals surface area contributed by atoms with Gasteiger partial charge in [-0.2, -0.15) is 0 Å². The Morgan fingerprint density at radius 3 is 3.00 bits per heavy atom. The molecule has 17 heavy (non-hydrogen) atoms. The fourth-order valence-electron chi connectivity index (χ4n) is 3.00. The first-order chi connectivity index (χ1) is 8.24. The lowest BCUT2D eigenvalue weighted by molar-refractivity contribution is -0.00726. The molecule has 0 aromatic carbocycles. The van der Waals surface area contributed by atoms with Crippen LogP contribution in [0.5, 0.6) is 0 Å². The van der Waals surface area contributed by atoms with E-state index in [9.17, 15) is 5.11 Å². The van der Waals surface area contributed by atoms with Crippen LogP contribution in [0.3, 0.4) is 0 Å². The van der Waals surface area contributed by atoms with Crippen molar-refractivity contribution in [3.05, 3.63) is 0 Å². The first-order valence-corrected chi connectivity index (χ1v) is 6.82. The molecule has 3 unspecified atom stereocenters. The Bertz CT molecular complexity index is 231. The van der Waals surface area contributed by atoms with Crippen LogP contribution in [0.15, 0.2) is 0 Å². The minimum atomic E-state index is -0.625. The molecule has 4 heteroatoms. The Labute approximate surface area is 103 Å². The van der Waals surface area contributed by atoms with E-state index in [1.807, 2.05) is 0 Å². The first-order valence-electron chi connectivity index (χ1n) is 6.82.